The second kappa shape index (κ2) is 6.57. The smallest absolute Gasteiger partial charge is 0.253 e. The molecule has 0 radical (unpaired) electrons. The standard InChI is InChI=1S/C15H20ClNO3/c1-17(12-7-4-8-13(20-2)14(12)18)15(19)10-5-3-6-11(16)9-10/h3,5-6,9,12-14,18H,4,7-8H2,1-2H3/t12-,13-,14-/m1/s1. The fourth-order valence-electron chi connectivity index (χ4n) is 2.77. The molecule has 1 saturated carbocycles. The molecule has 0 heterocycles. The largest absolute Gasteiger partial charge is 0.388 e. The molecule has 1 aliphatic rings. The first-order valence-electron chi connectivity index (χ1n) is 6.78. The summed E-state index contributed by atoms with van der Waals surface area (Å²) >= 11 is 5.91. The number of halogens is 1. The summed E-state index contributed by atoms with van der Waals surface area (Å²) in [5.74, 6) is -0.131. The van der Waals surface area contributed by atoms with E-state index in [1.807, 2.05) is 0 Å². The van der Waals surface area contributed by atoms with Gasteiger partial charge in [-0.1, -0.05) is 17.7 Å². The first kappa shape index (κ1) is 15.3. The Bertz CT molecular complexity index is 480. The number of ether oxygens (including phenoxy) is 1. The minimum absolute atomic E-state index is 0.131. The maximum atomic E-state index is 12.5. The third-order valence-electron chi connectivity index (χ3n) is 3.96. The van der Waals surface area contributed by atoms with Crippen molar-refractivity contribution < 1.29 is 14.6 Å². The molecule has 4 nitrogen and oxygen atoms in total. The molecule has 110 valence electrons. The summed E-state index contributed by atoms with van der Waals surface area (Å²) in [4.78, 5) is 14.1. The Kier molecular flexibility index (Phi) is 5.02. The van der Waals surface area contributed by atoms with Crippen LogP contribution < -0.4 is 0 Å². The van der Waals surface area contributed by atoms with Gasteiger partial charge in [0.25, 0.3) is 5.91 Å². The number of aliphatic hydroxyl groups excluding tert-OH is 1. The lowest BCUT2D eigenvalue weighted by Crippen LogP contribution is -2.52. The summed E-state index contributed by atoms with van der Waals surface area (Å²) in [6, 6.07) is 6.63. The van der Waals surface area contributed by atoms with Crippen LogP contribution in [-0.2, 0) is 4.74 Å². The zero-order valence-electron chi connectivity index (χ0n) is 11.8. The number of likely N-dealkylation sites (N-methyl/N-ethyl adjacent to an activating group) is 1. The Hall–Kier alpha value is -1.10. The van der Waals surface area contributed by atoms with Gasteiger partial charge in [0.2, 0.25) is 0 Å². The highest BCUT2D eigenvalue weighted by atomic mass is 35.5. The Labute approximate surface area is 124 Å². The van der Waals surface area contributed by atoms with Crippen LogP contribution in [0, 0.1) is 0 Å². The topological polar surface area (TPSA) is 49.8 Å². The molecule has 1 aromatic rings. The Balaban J connectivity index is 2.13. The Morgan fingerprint density at radius 1 is 1.45 bits per heavy atom. The molecular formula is C15H20ClNO3. The van der Waals surface area contributed by atoms with Crippen LogP contribution in [0.25, 0.3) is 0 Å². The van der Waals surface area contributed by atoms with Gasteiger partial charge in [-0.2, -0.15) is 0 Å². The highest BCUT2D eigenvalue weighted by molar-refractivity contribution is 6.30. The van der Waals surface area contributed by atoms with Crippen molar-refractivity contribution in [2.75, 3.05) is 14.2 Å². The average molecular weight is 298 g/mol. The van der Waals surface area contributed by atoms with Gasteiger partial charge in [-0.15, -0.1) is 0 Å². The van der Waals surface area contributed by atoms with Gasteiger partial charge in [-0.25, -0.2) is 0 Å². The molecule has 0 spiro atoms. The lowest BCUT2D eigenvalue weighted by Gasteiger charge is -2.39. The van der Waals surface area contributed by atoms with E-state index in [-0.39, 0.29) is 18.1 Å². The highest BCUT2D eigenvalue weighted by Gasteiger charge is 2.36. The molecule has 1 amide bonds. The fourth-order valence-corrected chi connectivity index (χ4v) is 2.96. The quantitative estimate of drug-likeness (QED) is 0.931. The summed E-state index contributed by atoms with van der Waals surface area (Å²) < 4.78 is 5.28. The number of rotatable bonds is 3. The van der Waals surface area contributed by atoms with Crippen molar-refractivity contribution in [1.29, 1.82) is 0 Å². The molecule has 2 rings (SSSR count). The Morgan fingerprint density at radius 3 is 2.85 bits per heavy atom. The first-order valence-corrected chi connectivity index (χ1v) is 7.16. The number of hydrogen-bond acceptors (Lipinski definition) is 3. The summed E-state index contributed by atoms with van der Waals surface area (Å²) in [6.45, 7) is 0. The number of aliphatic hydroxyl groups is 1. The summed E-state index contributed by atoms with van der Waals surface area (Å²) in [5, 5.41) is 10.8. The van der Waals surface area contributed by atoms with E-state index in [0.29, 0.717) is 10.6 Å². The number of hydrogen-bond donors (Lipinski definition) is 1. The molecule has 0 aromatic heterocycles. The van der Waals surface area contributed by atoms with Crippen molar-refractivity contribution in [1.82, 2.24) is 4.90 Å². The number of carbonyl (C=O) groups excluding carboxylic acids is 1. The van der Waals surface area contributed by atoms with Crippen molar-refractivity contribution in [2.45, 2.75) is 37.5 Å². The van der Waals surface area contributed by atoms with Crippen LogP contribution in [-0.4, -0.2) is 48.3 Å². The molecular weight excluding hydrogens is 278 g/mol. The molecule has 0 saturated heterocycles. The van der Waals surface area contributed by atoms with E-state index in [9.17, 15) is 9.90 Å². The molecule has 1 N–H and O–H groups in total. The van der Waals surface area contributed by atoms with Gasteiger partial charge in [-0.3, -0.25) is 4.79 Å². The molecule has 20 heavy (non-hydrogen) atoms. The maximum Gasteiger partial charge on any atom is 0.253 e. The molecule has 3 atom stereocenters. The van der Waals surface area contributed by atoms with E-state index < -0.39 is 6.10 Å². The van der Waals surface area contributed by atoms with Crippen LogP contribution >= 0.6 is 11.6 Å². The van der Waals surface area contributed by atoms with E-state index in [1.165, 1.54) is 0 Å². The van der Waals surface area contributed by atoms with Crippen molar-refractivity contribution in [3.05, 3.63) is 34.9 Å². The second-order valence-electron chi connectivity index (χ2n) is 5.19. The van der Waals surface area contributed by atoms with E-state index >= 15 is 0 Å². The van der Waals surface area contributed by atoms with Crippen LogP contribution in [0.4, 0.5) is 0 Å². The Morgan fingerprint density at radius 2 is 2.20 bits per heavy atom. The van der Waals surface area contributed by atoms with Gasteiger partial charge >= 0.3 is 0 Å². The maximum absolute atomic E-state index is 12.5. The second-order valence-corrected chi connectivity index (χ2v) is 5.63. The minimum Gasteiger partial charge on any atom is -0.388 e. The van der Waals surface area contributed by atoms with Gasteiger partial charge in [0.1, 0.15) is 6.10 Å². The third-order valence-corrected chi connectivity index (χ3v) is 4.19. The number of nitrogens with zero attached hydrogens (tertiary/aromatic N) is 1. The minimum atomic E-state index is -0.651. The number of benzene rings is 1. The molecule has 0 aliphatic heterocycles. The van der Waals surface area contributed by atoms with Gasteiger partial charge in [0.15, 0.2) is 0 Å². The van der Waals surface area contributed by atoms with Crippen molar-refractivity contribution in [2.24, 2.45) is 0 Å². The summed E-state index contributed by atoms with van der Waals surface area (Å²) in [6.07, 6.45) is 1.69. The predicted octanol–water partition coefficient (Wildman–Crippen LogP) is 2.34. The van der Waals surface area contributed by atoms with E-state index in [1.54, 1.807) is 43.3 Å². The number of carbonyl (C=O) groups is 1. The average Bonchev–Trinajstić information content (AvgIpc) is 2.46. The van der Waals surface area contributed by atoms with Crippen molar-refractivity contribution in [3.63, 3.8) is 0 Å². The van der Waals surface area contributed by atoms with E-state index in [0.717, 1.165) is 19.3 Å². The third kappa shape index (κ3) is 3.14. The predicted molar refractivity (Wildman–Crippen MR) is 78.0 cm³/mol. The van der Waals surface area contributed by atoms with Crippen molar-refractivity contribution in [3.8, 4) is 0 Å². The van der Waals surface area contributed by atoms with Gasteiger partial charge < -0.3 is 14.7 Å². The highest BCUT2D eigenvalue weighted by Crippen LogP contribution is 2.26. The van der Waals surface area contributed by atoms with E-state index in [4.69, 9.17) is 16.3 Å². The lowest BCUT2D eigenvalue weighted by molar-refractivity contribution is -0.0714. The number of amides is 1. The molecule has 1 aromatic carbocycles. The lowest BCUT2D eigenvalue weighted by atomic mass is 9.88. The van der Waals surface area contributed by atoms with Crippen LogP contribution in [0.1, 0.15) is 29.6 Å². The normalized spacial score (nSPS) is 26.3. The molecule has 0 unspecified atom stereocenters. The monoisotopic (exact) mass is 297 g/mol. The van der Waals surface area contributed by atoms with E-state index in [2.05, 4.69) is 0 Å². The molecule has 0 bridgehead atoms. The molecule has 5 heteroatoms. The summed E-state index contributed by atoms with van der Waals surface area (Å²) in [7, 11) is 3.31. The molecule has 1 aliphatic carbocycles. The van der Waals surface area contributed by atoms with Gasteiger partial charge in [0.05, 0.1) is 12.1 Å². The fraction of sp³-hybridized carbons (Fsp3) is 0.533. The zero-order chi connectivity index (χ0) is 14.7. The van der Waals surface area contributed by atoms with Crippen molar-refractivity contribution >= 4 is 17.5 Å². The van der Waals surface area contributed by atoms with Gasteiger partial charge in [0, 0.05) is 24.7 Å². The van der Waals surface area contributed by atoms with Gasteiger partial charge in [-0.05, 0) is 37.5 Å². The molecule has 1 fully saturated rings. The zero-order valence-corrected chi connectivity index (χ0v) is 12.5. The van der Waals surface area contributed by atoms with Crippen LogP contribution in [0.5, 0.6) is 0 Å². The van der Waals surface area contributed by atoms with Crippen LogP contribution in [0.3, 0.4) is 0 Å². The first-order chi connectivity index (χ1) is 9.54. The SMILES string of the molecule is CO[C@@H]1CCC[C@@H](N(C)C(=O)c2cccc(Cl)c2)[C@H]1O. The number of methoxy groups -OCH3 is 1. The van der Waals surface area contributed by atoms with Crippen LogP contribution in [0.2, 0.25) is 5.02 Å². The van der Waals surface area contributed by atoms with Crippen LogP contribution in [0.15, 0.2) is 24.3 Å². The summed E-state index contributed by atoms with van der Waals surface area (Å²) in [5.41, 5.74) is 0.534.